The smallest absolute Gasteiger partial charge is 0.410 e. The lowest BCUT2D eigenvalue weighted by atomic mass is 9.97. The van der Waals surface area contributed by atoms with Crippen molar-refractivity contribution < 1.29 is 33.7 Å². The van der Waals surface area contributed by atoms with Crippen LogP contribution < -0.4 is 0 Å². The van der Waals surface area contributed by atoms with E-state index in [4.69, 9.17) is 36.0 Å². The zero-order valence-electron chi connectivity index (χ0n) is 33.9. The average molecular weight is 797 g/mol. The molecule has 0 saturated carbocycles. The molecule has 0 unspecified atom stereocenters. The third-order valence-corrected chi connectivity index (χ3v) is 10.4. The Morgan fingerprint density at radius 3 is 2.30 bits per heavy atom. The molecule has 57 heavy (non-hydrogen) atoms. The van der Waals surface area contributed by atoms with E-state index >= 15 is 0 Å². The van der Waals surface area contributed by atoms with Gasteiger partial charge < -0.3 is 23.9 Å². The van der Waals surface area contributed by atoms with Crippen LogP contribution in [0.5, 0.6) is 5.75 Å². The van der Waals surface area contributed by atoms with Gasteiger partial charge >= 0.3 is 18.0 Å². The Hall–Kier alpha value is -5.82. The lowest BCUT2D eigenvalue weighted by molar-refractivity contribution is -0.140. The van der Waals surface area contributed by atoms with Gasteiger partial charge in [-0.05, 0) is 81.7 Å². The molecule has 0 atom stereocenters. The minimum absolute atomic E-state index is 0.0574. The summed E-state index contributed by atoms with van der Waals surface area (Å²) < 4.78 is 21.3. The second kappa shape index (κ2) is 16.3. The minimum Gasteiger partial charge on any atom is -0.507 e. The third-order valence-electron chi connectivity index (χ3n) is 10.1. The number of benzene rings is 3. The van der Waals surface area contributed by atoms with Gasteiger partial charge in [-0.1, -0.05) is 48.0 Å². The SMILES string of the molecule is COC(=O)CCc1c(C(=O)OC)n(C)c2c(-c3c(C)nn(C)c3CN(Cc3cc(CCc4cc(O)c5ccccc5c4)n(C)n3)C(=O)OC(C)(C)C)c(Cl)ccc12. The predicted molar refractivity (Wildman–Crippen MR) is 218 cm³/mol. The number of carbonyl (C=O) groups is 3. The molecule has 0 aliphatic carbocycles. The maximum Gasteiger partial charge on any atom is 0.410 e. The first-order valence-electron chi connectivity index (χ1n) is 18.7. The van der Waals surface area contributed by atoms with Crippen molar-refractivity contribution in [2.24, 2.45) is 21.1 Å². The van der Waals surface area contributed by atoms with Gasteiger partial charge in [-0.2, -0.15) is 10.2 Å². The number of aromatic nitrogens is 5. The number of methoxy groups -OCH3 is 2. The van der Waals surface area contributed by atoms with Crippen LogP contribution in [0.1, 0.15) is 71.6 Å². The van der Waals surface area contributed by atoms with Crippen LogP contribution in [0, 0.1) is 6.92 Å². The number of phenols is 1. The van der Waals surface area contributed by atoms with Crippen LogP contribution in [0.15, 0.2) is 54.6 Å². The summed E-state index contributed by atoms with van der Waals surface area (Å²) in [5, 5.41) is 23.1. The molecule has 3 aromatic carbocycles. The zero-order valence-corrected chi connectivity index (χ0v) is 34.7. The summed E-state index contributed by atoms with van der Waals surface area (Å²) in [6, 6.07) is 17.2. The first-order valence-corrected chi connectivity index (χ1v) is 19.1. The number of rotatable bonds is 12. The highest BCUT2D eigenvalue weighted by Crippen LogP contribution is 2.42. The molecule has 0 aliphatic heterocycles. The van der Waals surface area contributed by atoms with Crippen LogP contribution in [-0.4, -0.2) is 72.0 Å². The number of esters is 2. The molecule has 14 heteroatoms. The van der Waals surface area contributed by atoms with Gasteiger partial charge in [-0.3, -0.25) is 19.1 Å². The minimum atomic E-state index is -0.774. The van der Waals surface area contributed by atoms with Crippen LogP contribution in [0.4, 0.5) is 4.79 Å². The Bertz CT molecular complexity index is 2510. The number of aromatic hydroxyl groups is 1. The topological polar surface area (TPSA) is 143 Å². The van der Waals surface area contributed by atoms with Gasteiger partial charge in [0.25, 0.3) is 0 Å². The average Bonchev–Trinajstić information content (AvgIpc) is 3.76. The molecule has 0 saturated heterocycles. The number of phenolic OH excluding ortho intramolecular Hbond substituents is 1. The van der Waals surface area contributed by atoms with E-state index in [2.05, 4.69) is 6.07 Å². The van der Waals surface area contributed by atoms with Gasteiger partial charge in [0.15, 0.2) is 0 Å². The summed E-state index contributed by atoms with van der Waals surface area (Å²) in [5.74, 6) is -0.714. The number of halogens is 1. The molecule has 3 heterocycles. The highest BCUT2D eigenvalue weighted by atomic mass is 35.5. The van der Waals surface area contributed by atoms with E-state index in [9.17, 15) is 19.5 Å². The highest BCUT2D eigenvalue weighted by molar-refractivity contribution is 6.35. The van der Waals surface area contributed by atoms with Crippen molar-refractivity contribution in [1.82, 2.24) is 29.0 Å². The Kier molecular flexibility index (Phi) is 11.7. The van der Waals surface area contributed by atoms with E-state index in [1.54, 1.807) is 33.3 Å². The summed E-state index contributed by atoms with van der Waals surface area (Å²) in [5.41, 5.74) is 6.08. The van der Waals surface area contributed by atoms with E-state index in [1.165, 1.54) is 14.2 Å². The Morgan fingerprint density at radius 2 is 1.60 bits per heavy atom. The molecule has 0 spiro atoms. The molecule has 0 radical (unpaired) electrons. The molecule has 1 amide bonds. The summed E-state index contributed by atoms with van der Waals surface area (Å²) in [6.07, 6.45) is 1.10. The second-order valence-corrected chi connectivity index (χ2v) is 15.6. The second-order valence-electron chi connectivity index (χ2n) is 15.2. The first-order chi connectivity index (χ1) is 27.0. The van der Waals surface area contributed by atoms with E-state index in [-0.39, 0.29) is 31.7 Å². The highest BCUT2D eigenvalue weighted by Gasteiger charge is 2.31. The standard InChI is InChI=1S/C43H49ClN6O7/c1-25-37(38-33(44)18-16-31-32(17-19-36(52)55-8)40(41(53)56-9)47(5)39(31)38)34(49(7)45-25)24-50(42(54)57-43(2,3)4)23-28-22-29(48(6)46-28)15-14-26-20-27-12-10-11-13-30(27)35(51)21-26/h10-13,16,18,20-22,51H,14-15,17,19,23-24H2,1-9H3. The Balaban J connectivity index is 1.38. The van der Waals surface area contributed by atoms with Gasteiger partial charge in [0, 0.05) is 55.2 Å². The fraction of sp³-hybridized carbons (Fsp3) is 0.372. The maximum atomic E-state index is 14.0. The molecule has 0 fully saturated rings. The number of hydrogen-bond donors (Lipinski definition) is 1. The first kappa shape index (κ1) is 40.8. The largest absolute Gasteiger partial charge is 0.507 e. The summed E-state index contributed by atoms with van der Waals surface area (Å²) in [4.78, 5) is 41.1. The number of ether oxygens (including phenoxy) is 3. The number of fused-ring (bicyclic) bond motifs is 2. The fourth-order valence-electron chi connectivity index (χ4n) is 7.53. The van der Waals surface area contributed by atoms with Crippen molar-refractivity contribution in [2.75, 3.05) is 14.2 Å². The Morgan fingerprint density at radius 1 is 0.860 bits per heavy atom. The normalized spacial score (nSPS) is 11.7. The molecule has 3 aromatic heterocycles. The van der Waals surface area contributed by atoms with Gasteiger partial charge in [0.05, 0.1) is 54.9 Å². The van der Waals surface area contributed by atoms with Crippen molar-refractivity contribution in [2.45, 2.75) is 72.1 Å². The number of hydrogen-bond acceptors (Lipinski definition) is 9. The van der Waals surface area contributed by atoms with E-state index in [1.807, 2.05) is 82.9 Å². The third kappa shape index (κ3) is 8.48. The predicted octanol–water partition coefficient (Wildman–Crippen LogP) is 7.75. The fourth-order valence-corrected chi connectivity index (χ4v) is 7.77. The molecule has 6 aromatic rings. The zero-order chi connectivity index (χ0) is 41.3. The Labute approximate surface area is 336 Å². The lowest BCUT2D eigenvalue weighted by Crippen LogP contribution is -2.36. The van der Waals surface area contributed by atoms with E-state index < -0.39 is 23.6 Å². The van der Waals surface area contributed by atoms with Crippen LogP contribution in [-0.2, 0) is 72.5 Å². The maximum absolute atomic E-state index is 14.0. The van der Waals surface area contributed by atoms with Crippen molar-refractivity contribution >= 4 is 51.3 Å². The van der Waals surface area contributed by atoms with Crippen LogP contribution in [0.25, 0.3) is 32.8 Å². The van der Waals surface area contributed by atoms with Crippen LogP contribution >= 0.6 is 11.6 Å². The molecule has 13 nitrogen and oxygen atoms in total. The number of amides is 1. The van der Waals surface area contributed by atoms with Crippen molar-refractivity contribution in [3.05, 3.63) is 99.2 Å². The summed E-state index contributed by atoms with van der Waals surface area (Å²) in [7, 11) is 8.08. The lowest BCUT2D eigenvalue weighted by Gasteiger charge is -2.27. The van der Waals surface area contributed by atoms with Gasteiger partial charge in [-0.15, -0.1) is 0 Å². The molecule has 0 bridgehead atoms. The molecule has 0 aliphatic rings. The summed E-state index contributed by atoms with van der Waals surface area (Å²) in [6.45, 7) is 7.54. The van der Waals surface area contributed by atoms with E-state index in [0.717, 1.165) is 27.4 Å². The number of aryl methyl sites for hydroxylation is 7. The van der Waals surface area contributed by atoms with Crippen molar-refractivity contribution in [3.8, 4) is 16.9 Å². The van der Waals surface area contributed by atoms with Gasteiger partial charge in [0.2, 0.25) is 0 Å². The molecule has 1 N–H and O–H groups in total. The van der Waals surface area contributed by atoms with Crippen LogP contribution in [0.2, 0.25) is 5.02 Å². The van der Waals surface area contributed by atoms with E-state index in [0.29, 0.717) is 62.8 Å². The van der Waals surface area contributed by atoms with Crippen molar-refractivity contribution in [3.63, 3.8) is 0 Å². The molecule has 300 valence electrons. The van der Waals surface area contributed by atoms with Gasteiger partial charge in [0.1, 0.15) is 17.0 Å². The quantitative estimate of drug-likeness (QED) is 0.0972. The summed E-state index contributed by atoms with van der Waals surface area (Å²) >= 11 is 7.06. The monoisotopic (exact) mass is 796 g/mol. The molecular weight excluding hydrogens is 748 g/mol. The number of nitrogens with zero attached hydrogens (tertiary/aromatic N) is 6. The van der Waals surface area contributed by atoms with Crippen molar-refractivity contribution in [1.29, 1.82) is 0 Å². The molecular formula is C43H49ClN6O7. The molecule has 6 rings (SSSR count). The van der Waals surface area contributed by atoms with Crippen LogP contribution in [0.3, 0.4) is 0 Å². The van der Waals surface area contributed by atoms with Gasteiger partial charge in [-0.25, -0.2) is 9.59 Å². The number of carbonyl (C=O) groups excluding carboxylic acids is 3.